The number of amides is 1. The first kappa shape index (κ1) is 16.5. The van der Waals surface area contributed by atoms with Gasteiger partial charge in [-0.15, -0.1) is 0 Å². The number of benzene rings is 2. The van der Waals surface area contributed by atoms with Gasteiger partial charge in [-0.1, -0.05) is 42.5 Å². The summed E-state index contributed by atoms with van der Waals surface area (Å²) >= 11 is 3.43. The average molecular weight is 406 g/mol. The van der Waals surface area contributed by atoms with Crippen LogP contribution in [0.1, 0.15) is 16.1 Å². The average Bonchev–Trinajstić information content (AvgIpc) is 3.11. The molecule has 26 heavy (non-hydrogen) atoms. The number of nitrogens with zero attached hydrogens (tertiary/aromatic N) is 2. The number of anilines is 1. The van der Waals surface area contributed by atoms with Crippen LogP contribution >= 0.6 is 15.9 Å². The molecule has 4 rings (SSSR count). The van der Waals surface area contributed by atoms with Crippen LogP contribution in [0.15, 0.2) is 83.6 Å². The van der Waals surface area contributed by atoms with Crippen molar-refractivity contribution < 1.29 is 4.79 Å². The number of fused-ring (bicyclic) bond motifs is 1. The number of pyridine rings is 1. The zero-order valence-corrected chi connectivity index (χ0v) is 15.5. The monoisotopic (exact) mass is 405 g/mol. The number of halogens is 1. The molecule has 0 aliphatic heterocycles. The predicted molar refractivity (Wildman–Crippen MR) is 107 cm³/mol. The molecule has 0 bridgehead atoms. The largest absolute Gasteiger partial charge is 0.339 e. The van der Waals surface area contributed by atoms with Gasteiger partial charge in [0.25, 0.3) is 5.91 Å². The van der Waals surface area contributed by atoms with Crippen molar-refractivity contribution in [2.75, 3.05) is 5.32 Å². The molecule has 0 fully saturated rings. The van der Waals surface area contributed by atoms with E-state index >= 15 is 0 Å². The molecule has 1 N–H and O–H groups in total. The Balaban J connectivity index is 1.61. The second kappa shape index (κ2) is 7.14. The van der Waals surface area contributed by atoms with Crippen molar-refractivity contribution in [2.45, 2.75) is 6.54 Å². The van der Waals surface area contributed by atoms with Gasteiger partial charge in [0.1, 0.15) is 5.69 Å². The summed E-state index contributed by atoms with van der Waals surface area (Å²) in [6.45, 7) is 0.650. The first-order valence-electron chi connectivity index (χ1n) is 8.25. The van der Waals surface area contributed by atoms with E-state index < -0.39 is 0 Å². The minimum absolute atomic E-state index is 0.150. The molecule has 2 aromatic heterocycles. The molecule has 1 amide bonds. The van der Waals surface area contributed by atoms with E-state index in [-0.39, 0.29) is 5.91 Å². The lowest BCUT2D eigenvalue weighted by Gasteiger charge is -2.11. The lowest BCUT2D eigenvalue weighted by atomic mass is 10.2. The van der Waals surface area contributed by atoms with Crippen LogP contribution in [0.2, 0.25) is 0 Å². The lowest BCUT2D eigenvalue weighted by Crippen LogP contribution is -2.17. The van der Waals surface area contributed by atoms with Gasteiger partial charge in [-0.2, -0.15) is 0 Å². The molecular formula is C21H16BrN3O. The van der Waals surface area contributed by atoms with Gasteiger partial charge in [0, 0.05) is 28.8 Å². The minimum atomic E-state index is -0.150. The number of aromatic nitrogens is 2. The van der Waals surface area contributed by atoms with E-state index in [0.717, 1.165) is 20.9 Å². The van der Waals surface area contributed by atoms with Gasteiger partial charge in [-0.25, -0.2) is 0 Å². The summed E-state index contributed by atoms with van der Waals surface area (Å²) in [5, 5.41) is 3.96. The fraction of sp³-hybridized carbons (Fsp3) is 0.0476. The third-order valence-corrected chi connectivity index (χ3v) is 4.62. The van der Waals surface area contributed by atoms with Gasteiger partial charge in [0.05, 0.1) is 11.2 Å². The Bertz CT molecular complexity index is 1070. The van der Waals surface area contributed by atoms with E-state index in [1.165, 1.54) is 0 Å². The van der Waals surface area contributed by atoms with Crippen LogP contribution in [0, 0.1) is 0 Å². The Hall–Kier alpha value is -2.92. The molecule has 0 saturated carbocycles. The third kappa shape index (κ3) is 3.39. The molecule has 5 heteroatoms. The standard InChI is InChI=1S/C21H16BrN3O/c22-17-12-16-8-4-9-18(20(16)23-13-17)24-21(26)19-10-5-11-25(19)14-15-6-2-1-3-7-15/h1-13H,14H2,(H,24,26). The quantitative estimate of drug-likeness (QED) is 0.513. The Morgan fingerprint density at radius 2 is 1.88 bits per heavy atom. The second-order valence-electron chi connectivity index (χ2n) is 5.99. The van der Waals surface area contributed by atoms with E-state index in [2.05, 4.69) is 26.2 Å². The van der Waals surface area contributed by atoms with Crippen molar-refractivity contribution in [3.63, 3.8) is 0 Å². The van der Waals surface area contributed by atoms with Crippen LogP contribution in [0.5, 0.6) is 0 Å². The Labute approximate surface area is 159 Å². The summed E-state index contributed by atoms with van der Waals surface area (Å²) in [6.07, 6.45) is 3.65. The molecular weight excluding hydrogens is 390 g/mol. The summed E-state index contributed by atoms with van der Waals surface area (Å²) < 4.78 is 2.85. The van der Waals surface area contributed by atoms with Gasteiger partial charge in [0.15, 0.2) is 0 Å². The molecule has 4 aromatic rings. The zero-order valence-electron chi connectivity index (χ0n) is 13.9. The van der Waals surface area contributed by atoms with Gasteiger partial charge >= 0.3 is 0 Å². The van der Waals surface area contributed by atoms with Crippen molar-refractivity contribution in [1.82, 2.24) is 9.55 Å². The first-order valence-corrected chi connectivity index (χ1v) is 9.05. The fourth-order valence-corrected chi connectivity index (χ4v) is 3.31. The lowest BCUT2D eigenvalue weighted by molar-refractivity contribution is 0.101. The molecule has 0 atom stereocenters. The highest BCUT2D eigenvalue weighted by molar-refractivity contribution is 9.10. The molecule has 4 nitrogen and oxygen atoms in total. The van der Waals surface area contributed by atoms with E-state index in [0.29, 0.717) is 17.9 Å². The van der Waals surface area contributed by atoms with Crippen molar-refractivity contribution in [3.05, 3.63) is 94.9 Å². The van der Waals surface area contributed by atoms with Gasteiger partial charge in [0.2, 0.25) is 0 Å². The smallest absolute Gasteiger partial charge is 0.272 e. The number of carbonyl (C=O) groups excluding carboxylic acids is 1. The van der Waals surface area contributed by atoms with Crippen molar-refractivity contribution >= 4 is 38.4 Å². The van der Waals surface area contributed by atoms with Crippen LogP contribution in [0.4, 0.5) is 5.69 Å². The van der Waals surface area contributed by atoms with E-state index in [1.807, 2.05) is 77.5 Å². The number of rotatable bonds is 4. The highest BCUT2D eigenvalue weighted by Crippen LogP contribution is 2.24. The molecule has 0 saturated heterocycles. The molecule has 0 spiro atoms. The SMILES string of the molecule is O=C(Nc1cccc2cc(Br)cnc12)c1cccn1Cc1ccccc1. The van der Waals surface area contributed by atoms with Crippen LogP contribution in [-0.2, 0) is 6.54 Å². The number of hydrogen-bond acceptors (Lipinski definition) is 2. The first-order chi connectivity index (χ1) is 12.7. The Morgan fingerprint density at radius 3 is 2.73 bits per heavy atom. The summed E-state index contributed by atoms with van der Waals surface area (Å²) in [5.41, 5.74) is 3.23. The topological polar surface area (TPSA) is 46.9 Å². The zero-order chi connectivity index (χ0) is 17.9. The highest BCUT2D eigenvalue weighted by Gasteiger charge is 2.13. The Morgan fingerprint density at radius 1 is 1.04 bits per heavy atom. The summed E-state index contributed by atoms with van der Waals surface area (Å²) in [6, 6.07) is 21.5. The summed E-state index contributed by atoms with van der Waals surface area (Å²) in [7, 11) is 0. The van der Waals surface area contributed by atoms with Crippen molar-refractivity contribution in [1.29, 1.82) is 0 Å². The second-order valence-corrected chi connectivity index (χ2v) is 6.91. The maximum atomic E-state index is 12.8. The maximum Gasteiger partial charge on any atom is 0.272 e. The Kier molecular flexibility index (Phi) is 4.54. The maximum absolute atomic E-state index is 12.8. The van der Waals surface area contributed by atoms with Gasteiger partial charge < -0.3 is 9.88 Å². The number of para-hydroxylation sites is 1. The molecule has 0 unspecified atom stereocenters. The van der Waals surface area contributed by atoms with E-state index in [1.54, 1.807) is 6.20 Å². The molecule has 0 aliphatic carbocycles. The summed E-state index contributed by atoms with van der Waals surface area (Å²) in [5.74, 6) is -0.150. The minimum Gasteiger partial charge on any atom is -0.339 e. The molecule has 0 aliphatic rings. The molecule has 0 radical (unpaired) electrons. The number of carbonyl (C=O) groups is 1. The molecule has 128 valence electrons. The molecule has 2 aromatic carbocycles. The van der Waals surface area contributed by atoms with Gasteiger partial charge in [-0.3, -0.25) is 9.78 Å². The molecule has 2 heterocycles. The normalized spacial score (nSPS) is 10.8. The van der Waals surface area contributed by atoms with Crippen LogP contribution < -0.4 is 5.32 Å². The predicted octanol–water partition coefficient (Wildman–Crippen LogP) is 5.10. The van der Waals surface area contributed by atoms with Crippen LogP contribution in [0.25, 0.3) is 10.9 Å². The van der Waals surface area contributed by atoms with E-state index in [9.17, 15) is 4.79 Å². The van der Waals surface area contributed by atoms with Crippen LogP contribution in [0.3, 0.4) is 0 Å². The highest BCUT2D eigenvalue weighted by atomic mass is 79.9. The van der Waals surface area contributed by atoms with Gasteiger partial charge in [-0.05, 0) is 45.8 Å². The number of nitrogens with one attached hydrogen (secondary N) is 1. The van der Waals surface area contributed by atoms with E-state index in [4.69, 9.17) is 0 Å². The number of hydrogen-bond donors (Lipinski definition) is 1. The third-order valence-electron chi connectivity index (χ3n) is 4.18. The fourth-order valence-electron chi connectivity index (χ4n) is 2.96. The van der Waals surface area contributed by atoms with Crippen molar-refractivity contribution in [3.8, 4) is 0 Å². The van der Waals surface area contributed by atoms with Crippen LogP contribution in [-0.4, -0.2) is 15.5 Å². The summed E-state index contributed by atoms with van der Waals surface area (Å²) in [4.78, 5) is 17.3. The van der Waals surface area contributed by atoms with Crippen molar-refractivity contribution in [2.24, 2.45) is 0 Å².